The van der Waals surface area contributed by atoms with Crippen molar-refractivity contribution in [3.8, 4) is 11.5 Å². The zero-order chi connectivity index (χ0) is 15.4. The van der Waals surface area contributed by atoms with Gasteiger partial charge in [0, 0.05) is 12.5 Å². The molecule has 0 saturated heterocycles. The molecule has 0 bridgehead atoms. The first kappa shape index (κ1) is 14.9. The Kier molecular flexibility index (Phi) is 4.49. The van der Waals surface area contributed by atoms with Gasteiger partial charge in [-0.2, -0.15) is 0 Å². The summed E-state index contributed by atoms with van der Waals surface area (Å²) in [6.45, 7) is 0. The van der Waals surface area contributed by atoms with E-state index in [1.165, 1.54) is 6.07 Å². The number of hydrogen-bond acceptors (Lipinski definition) is 3. The molecule has 0 aliphatic carbocycles. The Morgan fingerprint density at radius 3 is 2.57 bits per heavy atom. The molecule has 0 heterocycles. The van der Waals surface area contributed by atoms with Crippen LogP contribution in [0.2, 0.25) is 0 Å². The number of ether oxygens (including phenoxy) is 1. The fourth-order valence-electron chi connectivity index (χ4n) is 1.77. The van der Waals surface area contributed by atoms with Crippen LogP contribution in [0.15, 0.2) is 42.5 Å². The number of benzene rings is 2. The van der Waals surface area contributed by atoms with E-state index in [4.69, 9.17) is 15.6 Å². The van der Waals surface area contributed by atoms with Crippen LogP contribution in [0, 0.1) is 11.6 Å². The fourth-order valence-corrected chi connectivity index (χ4v) is 1.77. The summed E-state index contributed by atoms with van der Waals surface area (Å²) in [5, 5.41) is 8.83. The summed E-state index contributed by atoms with van der Waals surface area (Å²) in [6.07, 6.45) is 0.0360. The second-order valence-electron chi connectivity index (χ2n) is 4.43. The van der Waals surface area contributed by atoms with E-state index >= 15 is 0 Å². The molecule has 2 aromatic carbocycles. The third-order valence-electron chi connectivity index (χ3n) is 2.84. The second kappa shape index (κ2) is 6.32. The van der Waals surface area contributed by atoms with E-state index in [0.717, 1.165) is 6.07 Å². The first-order valence-electron chi connectivity index (χ1n) is 6.16. The van der Waals surface area contributed by atoms with Gasteiger partial charge in [-0.3, -0.25) is 4.79 Å². The van der Waals surface area contributed by atoms with Crippen molar-refractivity contribution in [2.75, 3.05) is 0 Å². The number of halogens is 2. The SMILES string of the molecule is NC(Cc1ccccc1Oc1ccc(F)cc1F)C(=O)O. The van der Waals surface area contributed by atoms with Gasteiger partial charge >= 0.3 is 5.97 Å². The van der Waals surface area contributed by atoms with Gasteiger partial charge in [-0.25, -0.2) is 8.78 Å². The topological polar surface area (TPSA) is 72.5 Å². The van der Waals surface area contributed by atoms with Crippen LogP contribution < -0.4 is 10.5 Å². The molecule has 6 heteroatoms. The van der Waals surface area contributed by atoms with Crippen LogP contribution in [0.3, 0.4) is 0 Å². The molecule has 2 rings (SSSR count). The molecule has 0 aliphatic heterocycles. The van der Waals surface area contributed by atoms with Gasteiger partial charge in [0.2, 0.25) is 0 Å². The molecule has 0 amide bonds. The molecule has 0 fully saturated rings. The van der Waals surface area contributed by atoms with Gasteiger partial charge in [-0.15, -0.1) is 0 Å². The maximum atomic E-state index is 13.6. The standard InChI is InChI=1S/C15H13F2NO3/c16-10-5-6-14(11(17)8-10)21-13-4-2-1-3-9(13)7-12(18)15(19)20/h1-6,8,12H,7,18H2,(H,19,20). The van der Waals surface area contributed by atoms with Gasteiger partial charge in [0.1, 0.15) is 17.6 Å². The molecule has 0 saturated carbocycles. The summed E-state index contributed by atoms with van der Waals surface area (Å²) < 4.78 is 31.8. The summed E-state index contributed by atoms with van der Waals surface area (Å²) >= 11 is 0. The van der Waals surface area contributed by atoms with Crippen LogP contribution in [0.4, 0.5) is 8.78 Å². The molecular weight excluding hydrogens is 280 g/mol. The molecule has 1 atom stereocenters. The maximum Gasteiger partial charge on any atom is 0.320 e. The molecular formula is C15H13F2NO3. The predicted molar refractivity (Wildman–Crippen MR) is 72.2 cm³/mol. The number of carboxylic acid groups (broad SMARTS) is 1. The van der Waals surface area contributed by atoms with Crippen LogP contribution in [0.1, 0.15) is 5.56 Å². The highest BCUT2D eigenvalue weighted by Gasteiger charge is 2.16. The molecule has 0 radical (unpaired) electrons. The molecule has 21 heavy (non-hydrogen) atoms. The molecule has 110 valence electrons. The summed E-state index contributed by atoms with van der Waals surface area (Å²) in [7, 11) is 0. The molecule has 2 aromatic rings. The van der Waals surface area contributed by atoms with Crippen molar-refractivity contribution in [1.82, 2.24) is 0 Å². The van der Waals surface area contributed by atoms with Gasteiger partial charge in [0.05, 0.1) is 0 Å². The van der Waals surface area contributed by atoms with E-state index < -0.39 is 23.6 Å². The largest absolute Gasteiger partial charge is 0.480 e. The molecule has 0 spiro atoms. The zero-order valence-electron chi connectivity index (χ0n) is 10.9. The minimum Gasteiger partial charge on any atom is -0.480 e. The summed E-state index contributed by atoms with van der Waals surface area (Å²) in [5.41, 5.74) is 6.01. The molecule has 0 aromatic heterocycles. The van der Waals surface area contributed by atoms with Gasteiger partial charge in [0.15, 0.2) is 11.6 Å². The lowest BCUT2D eigenvalue weighted by Crippen LogP contribution is -2.32. The Hall–Kier alpha value is -2.47. The Morgan fingerprint density at radius 2 is 1.90 bits per heavy atom. The average molecular weight is 293 g/mol. The lowest BCUT2D eigenvalue weighted by Gasteiger charge is -2.13. The zero-order valence-corrected chi connectivity index (χ0v) is 10.9. The number of aliphatic carboxylic acids is 1. The van der Waals surface area contributed by atoms with E-state index in [9.17, 15) is 13.6 Å². The van der Waals surface area contributed by atoms with Gasteiger partial charge in [0.25, 0.3) is 0 Å². The number of hydrogen-bond donors (Lipinski definition) is 2. The van der Waals surface area contributed by atoms with E-state index in [0.29, 0.717) is 11.6 Å². The van der Waals surface area contributed by atoms with Crippen molar-refractivity contribution < 1.29 is 23.4 Å². The minimum atomic E-state index is -1.14. The molecule has 0 aliphatic rings. The van der Waals surface area contributed by atoms with E-state index in [-0.39, 0.29) is 17.9 Å². The highest BCUT2D eigenvalue weighted by molar-refractivity contribution is 5.73. The van der Waals surface area contributed by atoms with Crippen LogP contribution in [-0.2, 0) is 11.2 Å². The predicted octanol–water partition coefficient (Wildman–Crippen LogP) is 2.71. The second-order valence-corrected chi connectivity index (χ2v) is 4.43. The first-order valence-corrected chi connectivity index (χ1v) is 6.16. The number of rotatable bonds is 5. The van der Waals surface area contributed by atoms with Crippen molar-refractivity contribution in [2.45, 2.75) is 12.5 Å². The maximum absolute atomic E-state index is 13.6. The monoisotopic (exact) mass is 293 g/mol. The molecule has 3 N–H and O–H groups in total. The third kappa shape index (κ3) is 3.76. The van der Waals surface area contributed by atoms with Crippen LogP contribution in [0.5, 0.6) is 11.5 Å². The number of carboxylic acids is 1. The van der Waals surface area contributed by atoms with Crippen molar-refractivity contribution in [1.29, 1.82) is 0 Å². The normalized spacial score (nSPS) is 12.0. The van der Waals surface area contributed by atoms with Crippen molar-refractivity contribution in [3.63, 3.8) is 0 Å². The number of para-hydroxylation sites is 1. The van der Waals surface area contributed by atoms with Gasteiger partial charge < -0.3 is 15.6 Å². The van der Waals surface area contributed by atoms with E-state index in [2.05, 4.69) is 0 Å². The lowest BCUT2D eigenvalue weighted by atomic mass is 10.1. The first-order chi connectivity index (χ1) is 9.97. The van der Waals surface area contributed by atoms with Crippen molar-refractivity contribution >= 4 is 5.97 Å². The van der Waals surface area contributed by atoms with Crippen LogP contribution in [-0.4, -0.2) is 17.1 Å². The molecule has 4 nitrogen and oxygen atoms in total. The van der Waals surface area contributed by atoms with E-state index in [1.807, 2.05) is 0 Å². The Morgan fingerprint density at radius 1 is 1.19 bits per heavy atom. The summed E-state index contributed by atoms with van der Waals surface area (Å²) in [6, 6.07) is 8.41. The molecule has 1 unspecified atom stereocenters. The minimum absolute atomic E-state index is 0.0360. The summed E-state index contributed by atoms with van der Waals surface area (Å²) in [4.78, 5) is 10.8. The summed E-state index contributed by atoms with van der Waals surface area (Å²) in [5.74, 6) is -2.56. The Labute approximate surface area is 119 Å². The highest BCUT2D eigenvalue weighted by Crippen LogP contribution is 2.28. The smallest absolute Gasteiger partial charge is 0.320 e. The van der Waals surface area contributed by atoms with Crippen LogP contribution in [0.25, 0.3) is 0 Å². The lowest BCUT2D eigenvalue weighted by molar-refractivity contribution is -0.138. The third-order valence-corrected chi connectivity index (χ3v) is 2.84. The highest BCUT2D eigenvalue weighted by atomic mass is 19.1. The van der Waals surface area contributed by atoms with Gasteiger partial charge in [-0.1, -0.05) is 18.2 Å². The Bertz CT molecular complexity index is 661. The fraction of sp³-hybridized carbons (Fsp3) is 0.133. The van der Waals surface area contributed by atoms with Crippen molar-refractivity contribution in [3.05, 3.63) is 59.7 Å². The van der Waals surface area contributed by atoms with Crippen molar-refractivity contribution in [2.24, 2.45) is 5.73 Å². The Balaban J connectivity index is 2.26. The van der Waals surface area contributed by atoms with Crippen LogP contribution >= 0.6 is 0 Å². The average Bonchev–Trinajstić information content (AvgIpc) is 2.43. The van der Waals surface area contributed by atoms with Gasteiger partial charge in [-0.05, 0) is 23.8 Å². The number of carbonyl (C=O) groups is 1. The quantitative estimate of drug-likeness (QED) is 0.889. The number of nitrogens with two attached hydrogens (primary N) is 1. The van der Waals surface area contributed by atoms with E-state index in [1.54, 1.807) is 24.3 Å².